The van der Waals surface area contributed by atoms with E-state index in [0.29, 0.717) is 22.2 Å². The van der Waals surface area contributed by atoms with Crippen LogP contribution in [0.3, 0.4) is 0 Å². The zero-order chi connectivity index (χ0) is 14.1. The molecule has 2 aromatic carbocycles. The molecule has 0 fully saturated rings. The molecule has 0 radical (unpaired) electrons. The Bertz CT molecular complexity index is 830. The first-order valence-corrected chi connectivity index (χ1v) is 7.21. The fraction of sp³-hybridized carbons (Fsp3) is 0.0667. The number of fused-ring (bicyclic) bond motifs is 1. The van der Waals surface area contributed by atoms with Gasteiger partial charge in [-0.1, -0.05) is 0 Å². The summed E-state index contributed by atoms with van der Waals surface area (Å²) in [6.07, 6.45) is 1.98. The van der Waals surface area contributed by atoms with Crippen molar-refractivity contribution in [3.8, 4) is 0 Å². The summed E-state index contributed by atoms with van der Waals surface area (Å²) < 4.78 is 4.96. The Kier molecular flexibility index (Phi) is 3.20. The number of benzene rings is 2. The van der Waals surface area contributed by atoms with E-state index in [-0.39, 0.29) is 5.78 Å². The van der Waals surface area contributed by atoms with E-state index in [1.54, 1.807) is 42.1 Å². The van der Waals surface area contributed by atoms with Crippen LogP contribution in [0.1, 0.15) is 15.9 Å². The number of rotatable bonds is 3. The maximum Gasteiger partial charge on any atom is 0.417 e. The van der Waals surface area contributed by atoms with Crippen LogP contribution in [0.2, 0.25) is 0 Å². The van der Waals surface area contributed by atoms with E-state index in [1.807, 2.05) is 18.4 Å². The number of H-pyrrole nitrogens is 1. The predicted octanol–water partition coefficient (Wildman–Crippen LogP) is 3.07. The lowest BCUT2D eigenvalue weighted by Gasteiger charge is -2.02. The maximum absolute atomic E-state index is 12.4. The highest BCUT2D eigenvalue weighted by atomic mass is 32.2. The van der Waals surface area contributed by atoms with Crippen LogP contribution in [0.5, 0.6) is 0 Å². The number of thioether (sulfide) groups is 1. The molecule has 100 valence electrons. The third-order valence-corrected chi connectivity index (χ3v) is 3.78. The highest BCUT2D eigenvalue weighted by molar-refractivity contribution is 7.98. The topological polar surface area (TPSA) is 63.1 Å². The third-order valence-electron chi connectivity index (χ3n) is 3.04. The molecule has 3 aromatic rings. The lowest BCUT2D eigenvalue weighted by atomic mass is 10.0. The fourth-order valence-corrected chi connectivity index (χ4v) is 2.40. The monoisotopic (exact) mass is 285 g/mol. The Morgan fingerprint density at radius 2 is 1.80 bits per heavy atom. The van der Waals surface area contributed by atoms with Gasteiger partial charge in [-0.2, -0.15) is 0 Å². The zero-order valence-electron chi connectivity index (χ0n) is 10.7. The van der Waals surface area contributed by atoms with Crippen molar-refractivity contribution >= 4 is 28.6 Å². The van der Waals surface area contributed by atoms with Gasteiger partial charge in [0.15, 0.2) is 11.4 Å². The fourth-order valence-electron chi connectivity index (χ4n) is 2.00. The Labute approximate surface area is 118 Å². The molecule has 4 nitrogen and oxygen atoms in total. The molecule has 0 unspecified atom stereocenters. The molecule has 0 bridgehead atoms. The molecular weight excluding hydrogens is 274 g/mol. The van der Waals surface area contributed by atoms with Gasteiger partial charge in [0, 0.05) is 16.0 Å². The first kappa shape index (κ1) is 12.7. The van der Waals surface area contributed by atoms with E-state index in [1.165, 1.54) is 0 Å². The average Bonchev–Trinajstić information content (AvgIpc) is 2.85. The Morgan fingerprint density at radius 1 is 1.10 bits per heavy atom. The molecule has 0 atom stereocenters. The van der Waals surface area contributed by atoms with Gasteiger partial charge in [-0.25, -0.2) is 4.79 Å². The van der Waals surface area contributed by atoms with Gasteiger partial charge in [0.1, 0.15) is 0 Å². The number of carbonyl (C=O) groups is 1. The third kappa shape index (κ3) is 2.28. The molecular formula is C15H11NO3S. The number of nitrogens with one attached hydrogen (secondary N) is 1. The van der Waals surface area contributed by atoms with Crippen molar-refractivity contribution in [2.75, 3.05) is 6.26 Å². The van der Waals surface area contributed by atoms with Crippen LogP contribution in [0.4, 0.5) is 0 Å². The summed E-state index contributed by atoms with van der Waals surface area (Å²) in [6.45, 7) is 0. The molecule has 0 aliphatic heterocycles. The first-order valence-electron chi connectivity index (χ1n) is 5.99. The maximum atomic E-state index is 12.4. The second kappa shape index (κ2) is 5.02. The normalized spacial score (nSPS) is 10.8. The summed E-state index contributed by atoms with van der Waals surface area (Å²) in [5, 5.41) is 0. The second-order valence-corrected chi connectivity index (χ2v) is 5.16. The summed E-state index contributed by atoms with van der Waals surface area (Å²) >= 11 is 1.62. The molecule has 0 aliphatic carbocycles. The van der Waals surface area contributed by atoms with Crippen LogP contribution in [-0.4, -0.2) is 17.0 Å². The van der Waals surface area contributed by atoms with Gasteiger partial charge in [0.05, 0.1) is 5.52 Å². The predicted molar refractivity (Wildman–Crippen MR) is 78.5 cm³/mol. The van der Waals surface area contributed by atoms with Crippen LogP contribution in [-0.2, 0) is 0 Å². The van der Waals surface area contributed by atoms with Gasteiger partial charge in [-0.3, -0.25) is 9.78 Å². The van der Waals surface area contributed by atoms with Gasteiger partial charge in [0.25, 0.3) is 0 Å². The quantitative estimate of drug-likeness (QED) is 0.593. The van der Waals surface area contributed by atoms with Crippen molar-refractivity contribution in [3.63, 3.8) is 0 Å². The van der Waals surface area contributed by atoms with E-state index in [4.69, 9.17) is 4.42 Å². The lowest BCUT2D eigenvalue weighted by molar-refractivity contribution is 0.103. The number of aromatic amines is 1. The van der Waals surface area contributed by atoms with E-state index >= 15 is 0 Å². The highest BCUT2D eigenvalue weighted by Crippen LogP contribution is 2.19. The number of hydrogen-bond donors (Lipinski definition) is 1. The minimum absolute atomic E-state index is 0.0941. The Balaban J connectivity index is 2.00. The lowest BCUT2D eigenvalue weighted by Crippen LogP contribution is -2.00. The van der Waals surface area contributed by atoms with E-state index in [2.05, 4.69) is 4.98 Å². The molecule has 3 rings (SSSR count). The van der Waals surface area contributed by atoms with Crippen LogP contribution in [0.25, 0.3) is 11.1 Å². The smallest absolute Gasteiger partial charge is 0.408 e. The van der Waals surface area contributed by atoms with Crippen molar-refractivity contribution in [1.29, 1.82) is 0 Å². The molecule has 1 aromatic heterocycles. The van der Waals surface area contributed by atoms with Crippen molar-refractivity contribution in [3.05, 3.63) is 64.1 Å². The van der Waals surface area contributed by atoms with Gasteiger partial charge < -0.3 is 4.42 Å². The number of oxazole rings is 1. The van der Waals surface area contributed by atoms with Crippen molar-refractivity contribution in [1.82, 2.24) is 4.98 Å². The molecule has 0 saturated carbocycles. The van der Waals surface area contributed by atoms with Gasteiger partial charge in [-0.15, -0.1) is 11.8 Å². The van der Waals surface area contributed by atoms with Crippen molar-refractivity contribution < 1.29 is 9.21 Å². The van der Waals surface area contributed by atoms with Crippen LogP contribution < -0.4 is 5.76 Å². The first-order chi connectivity index (χ1) is 9.67. The van der Waals surface area contributed by atoms with E-state index < -0.39 is 5.76 Å². The van der Waals surface area contributed by atoms with Gasteiger partial charge in [0.2, 0.25) is 0 Å². The van der Waals surface area contributed by atoms with Crippen LogP contribution in [0.15, 0.2) is 56.6 Å². The van der Waals surface area contributed by atoms with E-state index in [0.717, 1.165) is 4.90 Å². The molecule has 1 N–H and O–H groups in total. The van der Waals surface area contributed by atoms with Crippen molar-refractivity contribution in [2.45, 2.75) is 4.90 Å². The molecule has 0 spiro atoms. The zero-order valence-corrected chi connectivity index (χ0v) is 11.5. The number of aromatic nitrogens is 1. The minimum Gasteiger partial charge on any atom is -0.408 e. The van der Waals surface area contributed by atoms with Crippen LogP contribution >= 0.6 is 11.8 Å². The summed E-state index contributed by atoms with van der Waals surface area (Å²) in [6, 6.07) is 12.3. The SMILES string of the molecule is CSc1ccc(C(=O)c2ccc3[nH]c(=O)oc3c2)cc1. The van der Waals surface area contributed by atoms with Crippen molar-refractivity contribution in [2.24, 2.45) is 0 Å². The second-order valence-electron chi connectivity index (χ2n) is 4.28. The standard InChI is InChI=1S/C15H11NO3S/c1-20-11-5-2-9(3-6-11)14(17)10-4-7-12-13(8-10)19-15(18)16-12/h2-8H,1H3,(H,16,18). The number of hydrogen-bond acceptors (Lipinski definition) is 4. The van der Waals surface area contributed by atoms with Gasteiger partial charge in [-0.05, 0) is 48.7 Å². The number of ketones is 1. The Morgan fingerprint density at radius 3 is 2.50 bits per heavy atom. The highest BCUT2D eigenvalue weighted by Gasteiger charge is 2.11. The summed E-state index contributed by atoms with van der Waals surface area (Å²) in [5.74, 6) is -0.614. The summed E-state index contributed by atoms with van der Waals surface area (Å²) in [7, 11) is 0. The average molecular weight is 285 g/mol. The molecule has 20 heavy (non-hydrogen) atoms. The molecule has 0 aliphatic rings. The summed E-state index contributed by atoms with van der Waals surface area (Å²) in [5.41, 5.74) is 2.09. The van der Waals surface area contributed by atoms with E-state index in [9.17, 15) is 9.59 Å². The minimum atomic E-state index is -0.520. The molecule has 1 heterocycles. The number of carbonyl (C=O) groups excluding carboxylic acids is 1. The molecule has 0 amide bonds. The molecule has 5 heteroatoms. The van der Waals surface area contributed by atoms with Gasteiger partial charge >= 0.3 is 5.76 Å². The van der Waals surface area contributed by atoms with Crippen LogP contribution in [0, 0.1) is 0 Å². The molecule has 0 saturated heterocycles. The largest absolute Gasteiger partial charge is 0.417 e. The summed E-state index contributed by atoms with van der Waals surface area (Å²) in [4.78, 5) is 27.1. The Hall–Kier alpha value is -2.27.